The molecule has 0 N–H and O–H groups in total. The lowest BCUT2D eigenvalue weighted by Gasteiger charge is -2.22. The minimum atomic E-state index is -2.94. The van der Waals surface area contributed by atoms with Gasteiger partial charge in [-0.3, -0.25) is 4.90 Å². The first kappa shape index (κ1) is 17.3. The average molecular weight is 373 g/mol. The summed E-state index contributed by atoms with van der Waals surface area (Å²) in [6.07, 6.45) is 2.02. The van der Waals surface area contributed by atoms with Crippen LogP contribution in [0.3, 0.4) is 0 Å². The summed E-state index contributed by atoms with van der Waals surface area (Å²) in [4.78, 5) is 6.17. The zero-order valence-corrected chi connectivity index (χ0v) is 14.8. The van der Waals surface area contributed by atoms with Gasteiger partial charge in [0.15, 0.2) is 9.84 Å². The summed E-state index contributed by atoms with van der Waals surface area (Å²) in [7, 11) is -1.08. The van der Waals surface area contributed by atoms with Gasteiger partial charge in [0.25, 0.3) is 0 Å². The van der Waals surface area contributed by atoms with Gasteiger partial charge in [-0.2, -0.15) is 5.10 Å². The molecule has 1 aromatic carbocycles. The van der Waals surface area contributed by atoms with Crippen LogP contribution >= 0.6 is 11.6 Å². The van der Waals surface area contributed by atoms with Gasteiger partial charge in [-0.15, -0.1) is 0 Å². The van der Waals surface area contributed by atoms with Gasteiger partial charge < -0.3 is 0 Å². The number of nitrogens with zero attached hydrogens (tertiary/aromatic N) is 4. The van der Waals surface area contributed by atoms with Crippen LogP contribution in [0.1, 0.15) is 17.8 Å². The lowest BCUT2D eigenvalue weighted by molar-refractivity contribution is 0.243. The first-order valence-corrected chi connectivity index (χ1v) is 9.76. The molecule has 1 fully saturated rings. The third kappa shape index (κ3) is 3.76. The van der Waals surface area contributed by atoms with E-state index >= 15 is 0 Å². The largest absolute Gasteiger partial charge is 0.295 e. The van der Waals surface area contributed by atoms with E-state index in [0.717, 1.165) is 0 Å². The molecule has 24 heavy (non-hydrogen) atoms. The SMILES string of the molecule is CN(Cc1ncnn1Cc1c(F)cccc1Cl)[C@H]1CCS(=O)(=O)C1. The quantitative estimate of drug-likeness (QED) is 0.799. The topological polar surface area (TPSA) is 68.1 Å². The number of sulfone groups is 1. The molecule has 130 valence electrons. The molecule has 0 radical (unpaired) electrons. The summed E-state index contributed by atoms with van der Waals surface area (Å²) in [5, 5.41) is 4.48. The maximum absolute atomic E-state index is 13.9. The smallest absolute Gasteiger partial charge is 0.151 e. The number of aromatic nitrogens is 3. The number of benzene rings is 1. The van der Waals surface area contributed by atoms with Crippen molar-refractivity contribution in [3.8, 4) is 0 Å². The second-order valence-corrected chi connectivity index (χ2v) is 8.64. The van der Waals surface area contributed by atoms with Crippen LogP contribution in [0, 0.1) is 5.82 Å². The molecule has 1 aliphatic rings. The van der Waals surface area contributed by atoms with Crippen molar-refractivity contribution in [1.82, 2.24) is 19.7 Å². The van der Waals surface area contributed by atoms with Crippen molar-refractivity contribution in [3.63, 3.8) is 0 Å². The van der Waals surface area contributed by atoms with Crippen LogP contribution in [0.5, 0.6) is 0 Å². The molecule has 9 heteroatoms. The molecule has 1 atom stereocenters. The van der Waals surface area contributed by atoms with Crippen molar-refractivity contribution in [2.45, 2.75) is 25.6 Å². The van der Waals surface area contributed by atoms with Gasteiger partial charge >= 0.3 is 0 Å². The third-order valence-electron chi connectivity index (χ3n) is 4.29. The molecular formula is C15H18ClFN4O2S. The second kappa shape index (κ2) is 6.78. The fraction of sp³-hybridized carbons (Fsp3) is 0.467. The predicted molar refractivity (Wildman–Crippen MR) is 89.1 cm³/mol. The molecule has 0 unspecified atom stereocenters. The van der Waals surface area contributed by atoms with E-state index in [4.69, 9.17) is 11.6 Å². The highest BCUT2D eigenvalue weighted by molar-refractivity contribution is 7.91. The Hall–Kier alpha value is -1.51. The average Bonchev–Trinajstić information content (AvgIpc) is 3.09. The summed E-state index contributed by atoms with van der Waals surface area (Å²) < 4.78 is 38.8. The Morgan fingerprint density at radius 3 is 2.92 bits per heavy atom. The molecule has 1 saturated heterocycles. The van der Waals surface area contributed by atoms with Gasteiger partial charge in [0, 0.05) is 16.6 Å². The summed E-state index contributed by atoms with van der Waals surface area (Å²) in [6.45, 7) is 0.615. The number of hydrogen-bond acceptors (Lipinski definition) is 5. The fourth-order valence-electron chi connectivity index (χ4n) is 2.85. The van der Waals surface area contributed by atoms with Gasteiger partial charge in [-0.05, 0) is 25.6 Å². The first-order chi connectivity index (χ1) is 11.4. The maximum atomic E-state index is 13.9. The summed E-state index contributed by atoms with van der Waals surface area (Å²) in [6, 6.07) is 4.51. The second-order valence-electron chi connectivity index (χ2n) is 6.01. The fourth-order valence-corrected chi connectivity index (χ4v) is 4.88. The van der Waals surface area contributed by atoms with Crippen LogP contribution in [0.4, 0.5) is 4.39 Å². The molecule has 1 aromatic heterocycles. The number of halogens is 2. The monoisotopic (exact) mass is 372 g/mol. The van der Waals surface area contributed by atoms with E-state index in [0.29, 0.717) is 29.4 Å². The molecule has 3 rings (SSSR count). The number of rotatable bonds is 5. The molecule has 1 aliphatic heterocycles. The highest BCUT2D eigenvalue weighted by Gasteiger charge is 2.31. The van der Waals surface area contributed by atoms with E-state index in [1.807, 2.05) is 11.9 Å². The maximum Gasteiger partial charge on any atom is 0.151 e. The van der Waals surface area contributed by atoms with Crippen LogP contribution in [-0.2, 0) is 22.9 Å². The molecule has 0 bridgehead atoms. The number of hydrogen-bond donors (Lipinski definition) is 0. The van der Waals surface area contributed by atoms with Crippen molar-refractivity contribution >= 4 is 21.4 Å². The predicted octanol–water partition coefficient (Wildman–Crippen LogP) is 1.74. The van der Waals surface area contributed by atoms with Crippen molar-refractivity contribution < 1.29 is 12.8 Å². The zero-order valence-electron chi connectivity index (χ0n) is 13.2. The van der Waals surface area contributed by atoms with Gasteiger partial charge in [0.1, 0.15) is 18.0 Å². The van der Waals surface area contributed by atoms with E-state index in [1.165, 1.54) is 12.4 Å². The Labute approximate surface area is 145 Å². The van der Waals surface area contributed by atoms with Crippen LogP contribution in [0.25, 0.3) is 0 Å². The van der Waals surface area contributed by atoms with Crippen LogP contribution in [0.15, 0.2) is 24.5 Å². The normalized spacial score (nSPS) is 19.9. The lowest BCUT2D eigenvalue weighted by Crippen LogP contribution is -2.33. The van der Waals surface area contributed by atoms with Crippen molar-refractivity contribution in [3.05, 3.63) is 46.8 Å². The zero-order chi connectivity index (χ0) is 17.3. The highest BCUT2D eigenvalue weighted by Crippen LogP contribution is 2.21. The van der Waals surface area contributed by atoms with E-state index < -0.39 is 9.84 Å². The Morgan fingerprint density at radius 2 is 2.25 bits per heavy atom. The van der Waals surface area contributed by atoms with Gasteiger partial charge in [-0.1, -0.05) is 17.7 Å². The Morgan fingerprint density at radius 1 is 1.46 bits per heavy atom. The van der Waals surface area contributed by atoms with E-state index in [-0.39, 0.29) is 29.9 Å². The third-order valence-corrected chi connectivity index (χ3v) is 6.39. The molecule has 0 amide bonds. The molecule has 6 nitrogen and oxygen atoms in total. The van der Waals surface area contributed by atoms with Crippen molar-refractivity contribution in [2.75, 3.05) is 18.6 Å². The van der Waals surface area contributed by atoms with Crippen molar-refractivity contribution in [2.24, 2.45) is 0 Å². The van der Waals surface area contributed by atoms with E-state index in [9.17, 15) is 12.8 Å². The van der Waals surface area contributed by atoms with Crippen molar-refractivity contribution in [1.29, 1.82) is 0 Å². The minimum Gasteiger partial charge on any atom is -0.295 e. The van der Waals surface area contributed by atoms with Crippen LogP contribution in [0.2, 0.25) is 5.02 Å². The Kier molecular flexibility index (Phi) is 4.89. The molecule has 2 heterocycles. The van der Waals surface area contributed by atoms with Gasteiger partial charge in [-0.25, -0.2) is 22.5 Å². The molecule has 0 saturated carbocycles. The minimum absolute atomic E-state index is 0.0304. The Bertz CT molecular complexity index is 819. The van der Waals surface area contributed by atoms with Gasteiger partial charge in [0.05, 0.1) is 24.6 Å². The molecule has 2 aromatic rings. The summed E-state index contributed by atoms with van der Waals surface area (Å²) in [5.41, 5.74) is 0.358. The van der Waals surface area contributed by atoms with Gasteiger partial charge in [0.2, 0.25) is 0 Å². The molecular weight excluding hydrogens is 355 g/mol. The first-order valence-electron chi connectivity index (χ1n) is 7.56. The summed E-state index contributed by atoms with van der Waals surface area (Å²) >= 11 is 6.06. The van der Waals surface area contributed by atoms with Crippen LogP contribution < -0.4 is 0 Å². The van der Waals surface area contributed by atoms with E-state index in [2.05, 4.69) is 10.1 Å². The highest BCUT2D eigenvalue weighted by atomic mass is 35.5. The molecule has 0 aliphatic carbocycles. The van der Waals surface area contributed by atoms with E-state index in [1.54, 1.807) is 16.8 Å². The standard InChI is InChI=1S/C15H18ClFN4O2S/c1-20(11-5-6-24(22,23)9-11)8-15-18-10-19-21(15)7-12-13(16)3-2-4-14(12)17/h2-4,10-11H,5-9H2,1H3/t11-/m0/s1. The Balaban J connectivity index is 1.74. The van der Waals surface area contributed by atoms with Crippen LogP contribution in [-0.4, -0.2) is 52.7 Å². The summed E-state index contributed by atoms with van der Waals surface area (Å²) in [5.74, 6) is 0.636. The lowest BCUT2D eigenvalue weighted by atomic mass is 10.2. The molecule has 0 spiro atoms.